The highest BCUT2D eigenvalue weighted by Crippen LogP contribution is 1.96. The second kappa shape index (κ2) is 9.71. The van der Waals surface area contributed by atoms with Gasteiger partial charge in [-0.05, 0) is 19.9 Å². The zero-order valence-corrected chi connectivity index (χ0v) is 10.1. The highest BCUT2D eigenvalue weighted by atomic mass is 16.1. The Morgan fingerprint density at radius 2 is 1.87 bits per heavy atom. The maximum atomic E-state index is 11.1. The Hall–Kier alpha value is -0.830. The molecule has 0 heterocycles. The van der Waals surface area contributed by atoms with Crippen LogP contribution in [0.1, 0.15) is 39.5 Å². The van der Waals surface area contributed by atoms with Gasteiger partial charge in [-0.15, -0.1) is 0 Å². The molecule has 0 spiro atoms. The van der Waals surface area contributed by atoms with Gasteiger partial charge in [-0.25, -0.2) is 0 Å². The van der Waals surface area contributed by atoms with Crippen LogP contribution < -0.4 is 10.6 Å². The lowest BCUT2D eigenvalue weighted by Gasteiger charge is -2.06. The van der Waals surface area contributed by atoms with Gasteiger partial charge in [0.2, 0.25) is 5.91 Å². The number of nitrogens with one attached hydrogen (secondary N) is 2. The maximum Gasteiger partial charge on any atom is 0.246 e. The van der Waals surface area contributed by atoms with Crippen LogP contribution in [-0.2, 0) is 4.79 Å². The molecular weight excluding hydrogens is 188 g/mol. The van der Waals surface area contributed by atoms with Crippen LogP contribution in [0.4, 0.5) is 0 Å². The molecule has 0 aromatic heterocycles. The molecule has 0 saturated carbocycles. The molecule has 0 radical (unpaired) electrons. The van der Waals surface area contributed by atoms with Gasteiger partial charge >= 0.3 is 0 Å². The van der Waals surface area contributed by atoms with Gasteiger partial charge in [-0.1, -0.05) is 32.8 Å². The van der Waals surface area contributed by atoms with Crippen LogP contribution in [0.25, 0.3) is 0 Å². The number of hydrogen-bond acceptors (Lipinski definition) is 2. The summed E-state index contributed by atoms with van der Waals surface area (Å²) in [6.07, 6.45) is 5.10. The van der Waals surface area contributed by atoms with Gasteiger partial charge in [0.05, 0.1) is 0 Å². The summed E-state index contributed by atoms with van der Waals surface area (Å²) in [5.41, 5.74) is 0.568. The Morgan fingerprint density at radius 1 is 1.13 bits per heavy atom. The number of carbonyl (C=O) groups excluding carboxylic acids is 1. The average Bonchev–Trinajstić information content (AvgIpc) is 2.21. The number of unbranched alkanes of at least 4 members (excludes halogenated alkanes) is 3. The fourth-order valence-electron chi connectivity index (χ4n) is 1.22. The quantitative estimate of drug-likeness (QED) is 0.452. The second-order valence-corrected chi connectivity index (χ2v) is 3.85. The van der Waals surface area contributed by atoms with Crippen molar-refractivity contribution in [3.8, 4) is 0 Å². The fourth-order valence-corrected chi connectivity index (χ4v) is 1.22. The minimum atomic E-state index is -0.0530. The topological polar surface area (TPSA) is 41.1 Å². The molecule has 2 N–H and O–H groups in total. The summed E-state index contributed by atoms with van der Waals surface area (Å²) in [6.45, 7) is 10.1. The molecule has 15 heavy (non-hydrogen) atoms. The Balaban J connectivity index is 3.11. The lowest BCUT2D eigenvalue weighted by atomic mass is 10.2. The molecule has 3 nitrogen and oxygen atoms in total. The molecule has 0 fully saturated rings. The van der Waals surface area contributed by atoms with Gasteiger partial charge in [0.25, 0.3) is 0 Å². The molecule has 0 aliphatic carbocycles. The molecular formula is C12H24N2O. The molecule has 88 valence electrons. The summed E-state index contributed by atoms with van der Waals surface area (Å²) in [6, 6.07) is 0. The largest absolute Gasteiger partial charge is 0.351 e. The van der Waals surface area contributed by atoms with E-state index >= 15 is 0 Å². The lowest BCUT2D eigenvalue weighted by Crippen LogP contribution is -2.32. The zero-order chi connectivity index (χ0) is 11.5. The van der Waals surface area contributed by atoms with Gasteiger partial charge in [0.1, 0.15) is 0 Å². The molecule has 0 unspecified atom stereocenters. The van der Waals surface area contributed by atoms with Crippen molar-refractivity contribution in [2.75, 3.05) is 19.6 Å². The van der Waals surface area contributed by atoms with Gasteiger partial charge < -0.3 is 10.6 Å². The van der Waals surface area contributed by atoms with E-state index in [4.69, 9.17) is 0 Å². The van der Waals surface area contributed by atoms with E-state index in [1.807, 2.05) is 0 Å². The zero-order valence-electron chi connectivity index (χ0n) is 10.1. The first-order valence-corrected chi connectivity index (χ1v) is 5.83. The van der Waals surface area contributed by atoms with Crippen molar-refractivity contribution in [1.82, 2.24) is 10.6 Å². The minimum absolute atomic E-state index is 0.0530. The number of hydrogen-bond donors (Lipinski definition) is 2. The van der Waals surface area contributed by atoms with Gasteiger partial charge in [0, 0.05) is 18.7 Å². The first-order valence-electron chi connectivity index (χ1n) is 5.83. The van der Waals surface area contributed by atoms with E-state index in [1.165, 1.54) is 25.7 Å². The molecule has 1 amide bonds. The molecule has 0 aliphatic heterocycles. The van der Waals surface area contributed by atoms with Crippen LogP contribution in [0.15, 0.2) is 12.2 Å². The van der Waals surface area contributed by atoms with Crippen molar-refractivity contribution in [2.24, 2.45) is 0 Å². The van der Waals surface area contributed by atoms with Gasteiger partial charge in [-0.2, -0.15) is 0 Å². The van der Waals surface area contributed by atoms with E-state index in [2.05, 4.69) is 24.1 Å². The van der Waals surface area contributed by atoms with Crippen LogP contribution in [0.5, 0.6) is 0 Å². The normalized spacial score (nSPS) is 10.0. The van der Waals surface area contributed by atoms with Crippen molar-refractivity contribution in [1.29, 1.82) is 0 Å². The first-order chi connectivity index (χ1) is 7.18. The third-order valence-corrected chi connectivity index (χ3v) is 2.18. The molecule has 0 atom stereocenters. The molecule has 0 aromatic carbocycles. The van der Waals surface area contributed by atoms with Gasteiger partial charge in [-0.3, -0.25) is 4.79 Å². The summed E-state index contributed by atoms with van der Waals surface area (Å²) in [5.74, 6) is -0.0530. The minimum Gasteiger partial charge on any atom is -0.351 e. The van der Waals surface area contributed by atoms with Crippen LogP contribution in [0, 0.1) is 0 Å². The number of amides is 1. The predicted octanol–water partition coefficient (Wildman–Crippen LogP) is 1.85. The molecule has 0 aromatic rings. The van der Waals surface area contributed by atoms with E-state index in [9.17, 15) is 4.79 Å². The smallest absolute Gasteiger partial charge is 0.246 e. The SMILES string of the molecule is C=C(C)C(=O)NCCNCCCCCC. The molecule has 0 bridgehead atoms. The van der Waals surface area contributed by atoms with Crippen molar-refractivity contribution < 1.29 is 4.79 Å². The summed E-state index contributed by atoms with van der Waals surface area (Å²) in [5, 5.41) is 6.08. The van der Waals surface area contributed by atoms with Crippen molar-refractivity contribution in [3.05, 3.63) is 12.2 Å². The Labute approximate surface area is 93.3 Å². The van der Waals surface area contributed by atoms with Crippen LogP contribution >= 0.6 is 0 Å². The lowest BCUT2D eigenvalue weighted by molar-refractivity contribution is -0.117. The molecule has 3 heteroatoms. The van der Waals surface area contributed by atoms with E-state index < -0.39 is 0 Å². The third kappa shape index (κ3) is 9.47. The van der Waals surface area contributed by atoms with Crippen molar-refractivity contribution in [3.63, 3.8) is 0 Å². The molecule has 0 rings (SSSR count). The summed E-state index contributed by atoms with van der Waals surface area (Å²) >= 11 is 0. The van der Waals surface area contributed by atoms with Crippen LogP contribution in [0.3, 0.4) is 0 Å². The summed E-state index contributed by atoms with van der Waals surface area (Å²) < 4.78 is 0. The summed E-state index contributed by atoms with van der Waals surface area (Å²) in [7, 11) is 0. The Kier molecular flexibility index (Phi) is 9.18. The van der Waals surface area contributed by atoms with E-state index in [1.54, 1.807) is 6.92 Å². The Morgan fingerprint density at radius 3 is 2.47 bits per heavy atom. The second-order valence-electron chi connectivity index (χ2n) is 3.85. The Bertz CT molecular complexity index is 190. The van der Waals surface area contributed by atoms with Crippen molar-refractivity contribution >= 4 is 5.91 Å². The van der Waals surface area contributed by atoms with E-state index in [-0.39, 0.29) is 5.91 Å². The maximum absolute atomic E-state index is 11.1. The third-order valence-electron chi connectivity index (χ3n) is 2.18. The van der Waals surface area contributed by atoms with E-state index in [0.29, 0.717) is 12.1 Å². The monoisotopic (exact) mass is 212 g/mol. The first kappa shape index (κ1) is 14.2. The highest BCUT2D eigenvalue weighted by molar-refractivity contribution is 5.92. The highest BCUT2D eigenvalue weighted by Gasteiger charge is 1.98. The van der Waals surface area contributed by atoms with E-state index in [0.717, 1.165) is 13.1 Å². The summed E-state index contributed by atoms with van der Waals surface area (Å²) in [4.78, 5) is 11.1. The van der Waals surface area contributed by atoms with Crippen molar-refractivity contribution in [2.45, 2.75) is 39.5 Å². The van der Waals surface area contributed by atoms with Gasteiger partial charge in [0.15, 0.2) is 0 Å². The van der Waals surface area contributed by atoms with Crippen LogP contribution in [0.2, 0.25) is 0 Å². The number of carbonyl (C=O) groups is 1. The predicted molar refractivity (Wildman–Crippen MR) is 64.8 cm³/mol. The fraction of sp³-hybridized carbons (Fsp3) is 0.750. The van der Waals surface area contributed by atoms with Crippen LogP contribution in [-0.4, -0.2) is 25.5 Å². The number of rotatable bonds is 9. The standard InChI is InChI=1S/C12H24N2O/c1-4-5-6-7-8-13-9-10-14-12(15)11(2)3/h13H,2,4-10H2,1,3H3,(H,14,15). The molecule has 0 saturated heterocycles. The average molecular weight is 212 g/mol. The molecule has 0 aliphatic rings.